The molecular weight excluding hydrogens is 533 g/mol. The molecule has 0 saturated carbocycles. The first-order valence-corrected chi connectivity index (χ1v) is 13.7. The molecule has 12 heteroatoms. The first-order chi connectivity index (χ1) is 17.8. The number of benzene rings is 1. The van der Waals surface area contributed by atoms with E-state index in [1.54, 1.807) is 33.8 Å². The van der Waals surface area contributed by atoms with Gasteiger partial charge in [-0.25, -0.2) is 9.78 Å². The van der Waals surface area contributed by atoms with E-state index in [4.69, 9.17) is 4.74 Å². The molecule has 1 fully saturated rings. The highest BCUT2D eigenvalue weighted by Gasteiger charge is 2.37. The van der Waals surface area contributed by atoms with E-state index in [1.165, 1.54) is 23.9 Å². The Balaban J connectivity index is 2.05. The summed E-state index contributed by atoms with van der Waals surface area (Å²) < 4.78 is 45.9. The van der Waals surface area contributed by atoms with Gasteiger partial charge in [0, 0.05) is 23.4 Å². The van der Waals surface area contributed by atoms with Crippen LogP contribution in [0.5, 0.6) is 0 Å². The SMILES string of the molecule is Cc1cc(C(=O)NC[C@@H]2CSCC(=O)N2)nc2c(C(C)(C)C)cc(N(CC(F)(F)F)C(=O)OC(C)(C)C)cc12. The number of thioether (sulfide) groups is 1. The number of halogens is 3. The van der Waals surface area contributed by atoms with E-state index in [0.29, 0.717) is 38.4 Å². The lowest BCUT2D eigenvalue weighted by atomic mass is 9.84. The molecule has 3 rings (SSSR count). The van der Waals surface area contributed by atoms with Crippen molar-refractivity contribution >= 4 is 46.3 Å². The second kappa shape index (κ2) is 11.2. The molecule has 0 spiro atoms. The number of rotatable bonds is 5. The van der Waals surface area contributed by atoms with Gasteiger partial charge in [0.05, 0.1) is 17.3 Å². The third-order valence-corrected chi connectivity index (χ3v) is 6.94. The van der Waals surface area contributed by atoms with Crippen LogP contribution in [0.2, 0.25) is 0 Å². The number of aryl methyl sites for hydroxylation is 1. The van der Waals surface area contributed by atoms with Crippen molar-refractivity contribution in [3.63, 3.8) is 0 Å². The fourth-order valence-corrected chi connectivity index (χ4v) is 4.97. The summed E-state index contributed by atoms with van der Waals surface area (Å²) in [5.41, 5.74) is 0.205. The quantitative estimate of drug-likeness (QED) is 0.520. The number of alkyl halides is 3. The van der Waals surface area contributed by atoms with Gasteiger partial charge in [0.2, 0.25) is 5.91 Å². The Morgan fingerprint density at radius 2 is 1.82 bits per heavy atom. The van der Waals surface area contributed by atoms with Crippen molar-refractivity contribution in [3.8, 4) is 0 Å². The van der Waals surface area contributed by atoms with Crippen LogP contribution in [0, 0.1) is 6.92 Å². The molecule has 8 nitrogen and oxygen atoms in total. The van der Waals surface area contributed by atoms with Crippen LogP contribution < -0.4 is 15.5 Å². The number of amides is 3. The number of carbonyl (C=O) groups is 3. The average molecular weight is 569 g/mol. The molecular formula is C27H35F3N4O4S. The van der Waals surface area contributed by atoms with Crippen LogP contribution in [0.3, 0.4) is 0 Å². The molecule has 1 aliphatic rings. The van der Waals surface area contributed by atoms with E-state index in [9.17, 15) is 27.6 Å². The Hall–Kier alpha value is -3.02. The van der Waals surface area contributed by atoms with Gasteiger partial charge in [-0.2, -0.15) is 13.2 Å². The predicted octanol–water partition coefficient (Wildman–Crippen LogP) is 5.11. The molecule has 0 unspecified atom stereocenters. The van der Waals surface area contributed by atoms with Gasteiger partial charge in [-0.05, 0) is 62.4 Å². The topological polar surface area (TPSA) is 101 Å². The van der Waals surface area contributed by atoms with Crippen molar-refractivity contribution < 1.29 is 32.3 Å². The molecule has 0 aliphatic carbocycles. The van der Waals surface area contributed by atoms with E-state index in [-0.39, 0.29) is 29.9 Å². The number of nitrogens with zero attached hydrogens (tertiary/aromatic N) is 2. The Kier molecular flexibility index (Phi) is 8.79. The fraction of sp³-hybridized carbons (Fsp3) is 0.556. The van der Waals surface area contributed by atoms with Gasteiger partial charge in [0.15, 0.2) is 0 Å². The summed E-state index contributed by atoms with van der Waals surface area (Å²) in [6.45, 7) is 10.8. The Morgan fingerprint density at radius 3 is 2.38 bits per heavy atom. The van der Waals surface area contributed by atoms with Crippen LogP contribution in [-0.2, 0) is 14.9 Å². The monoisotopic (exact) mass is 568 g/mol. The highest BCUT2D eigenvalue weighted by Crippen LogP contribution is 2.36. The van der Waals surface area contributed by atoms with Crippen LogP contribution >= 0.6 is 11.8 Å². The molecule has 1 atom stereocenters. The lowest BCUT2D eigenvalue weighted by molar-refractivity contribution is -0.120. The zero-order valence-corrected chi connectivity index (χ0v) is 24.0. The van der Waals surface area contributed by atoms with Gasteiger partial charge in [-0.15, -0.1) is 11.8 Å². The molecule has 1 aliphatic heterocycles. The van der Waals surface area contributed by atoms with Crippen molar-refractivity contribution in [1.82, 2.24) is 15.6 Å². The van der Waals surface area contributed by atoms with Crippen molar-refractivity contribution in [2.24, 2.45) is 0 Å². The van der Waals surface area contributed by atoms with E-state index >= 15 is 0 Å². The summed E-state index contributed by atoms with van der Waals surface area (Å²) in [5.74, 6) is 0.559. The molecule has 3 amide bonds. The van der Waals surface area contributed by atoms with E-state index in [1.807, 2.05) is 20.8 Å². The molecule has 1 aromatic carbocycles. The van der Waals surface area contributed by atoms with Gasteiger partial charge in [-0.3, -0.25) is 14.5 Å². The largest absolute Gasteiger partial charge is 0.443 e. The fourth-order valence-electron chi connectivity index (χ4n) is 4.10. The lowest BCUT2D eigenvalue weighted by Crippen LogP contribution is -2.48. The molecule has 2 heterocycles. The molecule has 1 saturated heterocycles. The molecule has 0 radical (unpaired) electrons. The smallest absolute Gasteiger partial charge is 0.415 e. The lowest BCUT2D eigenvalue weighted by Gasteiger charge is -2.30. The second-order valence-corrected chi connectivity index (χ2v) is 12.7. The zero-order valence-electron chi connectivity index (χ0n) is 23.2. The molecule has 1 aromatic heterocycles. The molecule has 2 aromatic rings. The number of carbonyl (C=O) groups excluding carboxylic acids is 3. The summed E-state index contributed by atoms with van der Waals surface area (Å²) >= 11 is 1.49. The Bertz CT molecular complexity index is 1270. The standard InChI is InChI=1S/C27H35F3N4O4S/c1-15-8-20(23(36)31-11-16-12-39-13-21(35)32-16)33-22-18(15)9-17(10-19(22)25(2,3)4)34(14-27(28,29)30)24(37)38-26(5,6)7/h8-10,16H,11-14H2,1-7H3,(H,31,36)(H,32,35)/t16-/m1/s1. The van der Waals surface area contributed by atoms with Crippen molar-refractivity contribution in [1.29, 1.82) is 0 Å². The minimum Gasteiger partial charge on any atom is -0.443 e. The maximum absolute atomic E-state index is 13.6. The summed E-state index contributed by atoms with van der Waals surface area (Å²) in [6.07, 6.45) is -5.78. The van der Waals surface area contributed by atoms with Gasteiger partial charge in [-0.1, -0.05) is 20.8 Å². The normalized spacial score (nSPS) is 16.6. The van der Waals surface area contributed by atoms with E-state index in [0.717, 1.165) is 0 Å². The van der Waals surface area contributed by atoms with Gasteiger partial charge in [0.1, 0.15) is 17.8 Å². The molecule has 2 N–H and O–H groups in total. The maximum Gasteiger partial charge on any atom is 0.415 e. The average Bonchev–Trinajstić information content (AvgIpc) is 2.78. The summed E-state index contributed by atoms with van der Waals surface area (Å²) in [7, 11) is 0. The van der Waals surface area contributed by atoms with Gasteiger partial charge in [0.25, 0.3) is 5.91 Å². The maximum atomic E-state index is 13.6. The van der Waals surface area contributed by atoms with Crippen molar-refractivity contribution in [3.05, 3.63) is 35.0 Å². The number of nitrogens with one attached hydrogen (secondary N) is 2. The molecule has 39 heavy (non-hydrogen) atoms. The van der Waals surface area contributed by atoms with Gasteiger partial charge < -0.3 is 15.4 Å². The summed E-state index contributed by atoms with van der Waals surface area (Å²) in [6, 6.07) is 4.34. The Labute approximate surface area is 230 Å². The number of ether oxygens (including phenoxy) is 1. The number of aromatic nitrogens is 1. The van der Waals surface area contributed by atoms with Crippen molar-refractivity contribution in [2.75, 3.05) is 29.5 Å². The number of pyridine rings is 1. The number of hydrogen-bond acceptors (Lipinski definition) is 6. The first-order valence-electron chi connectivity index (χ1n) is 12.5. The molecule has 0 bridgehead atoms. The van der Waals surface area contributed by atoms with Crippen LogP contribution in [0.4, 0.5) is 23.7 Å². The van der Waals surface area contributed by atoms with Crippen LogP contribution in [-0.4, -0.2) is 65.3 Å². The number of hydrogen-bond donors (Lipinski definition) is 2. The minimum absolute atomic E-state index is 0.0200. The van der Waals surface area contributed by atoms with E-state index in [2.05, 4.69) is 15.6 Å². The second-order valence-electron chi connectivity index (χ2n) is 11.6. The predicted molar refractivity (Wildman–Crippen MR) is 146 cm³/mol. The van der Waals surface area contributed by atoms with Crippen molar-refractivity contribution in [2.45, 2.75) is 71.7 Å². The third kappa shape index (κ3) is 8.23. The minimum atomic E-state index is -4.67. The summed E-state index contributed by atoms with van der Waals surface area (Å²) in [4.78, 5) is 42.7. The van der Waals surface area contributed by atoms with E-state index < -0.39 is 35.7 Å². The first kappa shape index (κ1) is 30.5. The van der Waals surface area contributed by atoms with Gasteiger partial charge >= 0.3 is 12.3 Å². The number of anilines is 1. The number of fused-ring (bicyclic) bond motifs is 1. The Morgan fingerprint density at radius 1 is 1.15 bits per heavy atom. The highest BCUT2D eigenvalue weighted by molar-refractivity contribution is 8.00. The zero-order chi connectivity index (χ0) is 29.3. The molecule has 214 valence electrons. The van der Waals surface area contributed by atoms with Crippen LogP contribution in [0.15, 0.2) is 18.2 Å². The highest BCUT2D eigenvalue weighted by atomic mass is 32.2. The third-order valence-electron chi connectivity index (χ3n) is 5.83. The summed E-state index contributed by atoms with van der Waals surface area (Å²) in [5, 5.41) is 6.15. The van der Waals surface area contributed by atoms with Crippen LogP contribution in [0.25, 0.3) is 10.9 Å². The van der Waals surface area contributed by atoms with Crippen LogP contribution in [0.1, 0.15) is 63.2 Å².